The van der Waals surface area contributed by atoms with E-state index in [4.69, 9.17) is 37.0 Å². The molecule has 0 radical (unpaired) electrons. The van der Waals surface area contributed by atoms with Crippen molar-refractivity contribution in [2.45, 2.75) is 329 Å². The van der Waals surface area contributed by atoms with Crippen LogP contribution in [0, 0.1) is 0 Å². The summed E-state index contributed by atoms with van der Waals surface area (Å²) in [6.45, 7) is 4.55. The molecule has 0 bridgehead atoms. The molecule has 584 valence electrons. The highest BCUT2D eigenvalue weighted by Crippen LogP contribution is 2.45. The highest BCUT2D eigenvalue weighted by Gasteiger charge is 2.30. The number of aliphatic hydroxyl groups excluding tert-OH is 1. The van der Waals surface area contributed by atoms with Gasteiger partial charge >= 0.3 is 39.5 Å². The number of carbonyl (C=O) groups excluding carboxylic acids is 4. The van der Waals surface area contributed by atoms with E-state index in [9.17, 15) is 43.2 Å². The van der Waals surface area contributed by atoms with Gasteiger partial charge in [0, 0.05) is 25.7 Å². The van der Waals surface area contributed by atoms with Crippen molar-refractivity contribution >= 4 is 39.5 Å². The summed E-state index contributed by atoms with van der Waals surface area (Å²) in [4.78, 5) is 72.9. The normalized spacial score (nSPS) is 14.6. The number of phosphoric acid groups is 2. The molecule has 0 aromatic carbocycles. The first-order chi connectivity index (χ1) is 49.7. The van der Waals surface area contributed by atoms with E-state index < -0.39 is 97.5 Å². The first-order valence-electron chi connectivity index (χ1n) is 39.4. The SMILES string of the molecule is CC/C=C\C/C=C\C/C=C\C/C=C\CCCCC(=O)OCC(COP(=O)(O)OCC(O)COP(=O)(O)OCC(COC(=O)CCCCCCCC/C=C\C/C=C\C/C=C\CCCCC)OC(=O)CCCCCCC/C=C\C/C=C\CCCCC)OC(=O)CCCCCCC/C=C\C/C=C\CCC. The molecule has 102 heavy (non-hydrogen) atoms. The first kappa shape index (κ1) is 97.2. The van der Waals surface area contributed by atoms with Gasteiger partial charge in [-0.2, -0.15) is 0 Å². The van der Waals surface area contributed by atoms with Crippen LogP contribution in [0.1, 0.15) is 310 Å². The second-order valence-corrected chi connectivity index (χ2v) is 28.8. The zero-order chi connectivity index (χ0) is 74.6. The molecule has 17 nitrogen and oxygen atoms in total. The number of aliphatic hydroxyl groups is 1. The topological polar surface area (TPSA) is 237 Å². The Kier molecular flexibility index (Phi) is 71.0. The van der Waals surface area contributed by atoms with Crippen LogP contribution in [-0.2, 0) is 65.4 Å². The van der Waals surface area contributed by atoms with Crippen molar-refractivity contribution < 1.29 is 80.2 Å². The molecule has 0 saturated carbocycles. The van der Waals surface area contributed by atoms with Gasteiger partial charge in [-0.25, -0.2) is 9.13 Å². The first-order valence-corrected chi connectivity index (χ1v) is 42.4. The van der Waals surface area contributed by atoms with E-state index >= 15 is 0 Å². The fourth-order valence-electron chi connectivity index (χ4n) is 10.0. The molecule has 0 spiro atoms. The minimum absolute atomic E-state index is 0.0659. The lowest BCUT2D eigenvalue weighted by molar-refractivity contribution is -0.161. The third-order valence-electron chi connectivity index (χ3n) is 16.0. The van der Waals surface area contributed by atoms with Crippen LogP contribution < -0.4 is 0 Å². The molecule has 0 aromatic heterocycles. The summed E-state index contributed by atoms with van der Waals surface area (Å²) in [5.41, 5.74) is 0. The quantitative estimate of drug-likeness (QED) is 0.0169. The molecule has 0 aliphatic rings. The summed E-state index contributed by atoms with van der Waals surface area (Å²) >= 11 is 0. The maximum Gasteiger partial charge on any atom is 0.472 e. The van der Waals surface area contributed by atoms with Crippen LogP contribution in [0.3, 0.4) is 0 Å². The van der Waals surface area contributed by atoms with Gasteiger partial charge in [0.15, 0.2) is 12.2 Å². The number of rotatable bonds is 73. The van der Waals surface area contributed by atoms with E-state index in [2.05, 4.69) is 161 Å². The lowest BCUT2D eigenvalue weighted by Gasteiger charge is -2.21. The number of carbonyl (C=O) groups is 4. The van der Waals surface area contributed by atoms with Crippen LogP contribution in [0.2, 0.25) is 0 Å². The number of ether oxygens (including phenoxy) is 4. The highest BCUT2D eigenvalue weighted by molar-refractivity contribution is 7.47. The average molecular weight is 1470 g/mol. The van der Waals surface area contributed by atoms with Gasteiger partial charge in [0.2, 0.25) is 0 Å². The maximum absolute atomic E-state index is 13.1. The molecule has 0 amide bonds. The average Bonchev–Trinajstić information content (AvgIpc) is 0.909. The van der Waals surface area contributed by atoms with Crippen molar-refractivity contribution in [1.29, 1.82) is 0 Å². The van der Waals surface area contributed by atoms with Gasteiger partial charge in [-0.1, -0.05) is 258 Å². The zero-order valence-corrected chi connectivity index (χ0v) is 65.5. The number of phosphoric ester groups is 2. The van der Waals surface area contributed by atoms with Crippen LogP contribution in [0.15, 0.2) is 134 Å². The van der Waals surface area contributed by atoms with Crippen LogP contribution >= 0.6 is 15.6 Å². The van der Waals surface area contributed by atoms with Gasteiger partial charge in [0.1, 0.15) is 19.3 Å². The van der Waals surface area contributed by atoms with Crippen LogP contribution in [0.4, 0.5) is 0 Å². The molecule has 5 atom stereocenters. The van der Waals surface area contributed by atoms with Crippen molar-refractivity contribution in [1.82, 2.24) is 0 Å². The molecule has 0 rings (SSSR count). The Morgan fingerprint density at radius 1 is 0.284 bits per heavy atom. The summed E-state index contributed by atoms with van der Waals surface area (Å²) in [6, 6.07) is 0. The molecule has 0 aliphatic heterocycles. The van der Waals surface area contributed by atoms with Crippen molar-refractivity contribution in [3.63, 3.8) is 0 Å². The summed E-state index contributed by atoms with van der Waals surface area (Å²) in [7, 11) is -9.98. The molecule has 3 N–H and O–H groups in total. The Labute approximate surface area is 618 Å². The van der Waals surface area contributed by atoms with E-state index in [1.54, 1.807) is 0 Å². The minimum Gasteiger partial charge on any atom is -0.462 e. The minimum atomic E-state index is -4.99. The molecule has 5 unspecified atom stereocenters. The fraction of sp³-hybridized carbons (Fsp3) is 0.687. The van der Waals surface area contributed by atoms with Crippen molar-refractivity contribution in [2.75, 3.05) is 39.6 Å². The highest BCUT2D eigenvalue weighted by atomic mass is 31.2. The third kappa shape index (κ3) is 73.5. The van der Waals surface area contributed by atoms with Gasteiger partial charge in [-0.3, -0.25) is 37.3 Å². The van der Waals surface area contributed by atoms with Gasteiger partial charge in [0.05, 0.1) is 26.4 Å². The number of hydrogen-bond acceptors (Lipinski definition) is 15. The molecule has 0 aliphatic carbocycles. The Morgan fingerprint density at radius 2 is 0.529 bits per heavy atom. The number of unbranched alkanes of at least 4 members (excludes halogenated alkanes) is 25. The van der Waals surface area contributed by atoms with Gasteiger partial charge in [-0.15, -0.1) is 0 Å². The number of hydrogen-bond donors (Lipinski definition) is 3. The Balaban J connectivity index is 5.41. The van der Waals surface area contributed by atoms with E-state index in [1.807, 2.05) is 0 Å². The van der Waals surface area contributed by atoms with Gasteiger partial charge in [-0.05, 0) is 161 Å². The summed E-state index contributed by atoms with van der Waals surface area (Å²) in [5, 5.41) is 10.6. The lowest BCUT2D eigenvalue weighted by Crippen LogP contribution is -2.30. The predicted octanol–water partition coefficient (Wildman–Crippen LogP) is 22.9. The van der Waals surface area contributed by atoms with Crippen LogP contribution in [-0.4, -0.2) is 96.7 Å². The molecular formula is C83H140O17P2. The van der Waals surface area contributed by atoms with E-state index in [0.717, 1.165) is 193 Å². The molecule has 19 heteroatoms. The van der Waals surface area contributed by atoms with Crippen molar-refractivity contribution in [2.24, 2.45) is 0 Å². The largest absolute Gasteiger partial charge is 0.472 e. The molecule has 0 fully saturated rings. The zero-order valence-electron chi connectivity index (χ0n) is 63.7. The van der Waals surface area contributed by atoms with Gasteiger partial charge < -0.3 is 33.8 Å². The fourth-order valence-corrected chi connectivity index (χ4v) is 11.6. The molecular weight excluding hydrogens is 1330 g/mol. The lowest BCUT2D eigenvalue weighted by atomic mass is 10.1. The molecule has 0 aromatic rings. The van der Waals surface area contributed by atoms with Crippen molar-refractivity contribution in [3.8, 4) is 0 Å². The second kappa shape index (κ2) is 74.5. The number of allylic oxidation sites excluding steroid dienone is 22. The Bertz CT molecular complexity index is 2460. The monoisotopic (exact) mass is 1470 g/mol. The summed E-state index contributed by atoms with van der Waals surface area (Å²) < 4.78 is 68.5. The Morgan fingerprint density at radius 3 is 0.843 bits per heavy atom. The predicted molar refractivity (Wildman–Crippen MR) is 418 cm³/mol. The molecule has 0 heterocycles. The standard InChI is InChI=1S/C83H140O17P2/c1-5-9-13-17-21-25-29-33-36-37-38-39-42-45-48-52-56-60-64-68-81(86)94-74-79(100-83(88)70-66-62-58-54-50-46-41-35-31-27-23-19-15-11-7-3)76-98-102(91,92)96-72-77(84)71-95-101(89,90)97-75-78(99-82(87)69-65-61-57-53-49-43-32-28-24-20-16-12-8-4)73-93-80(85)67-63-59-55-51-47-44-40-34-30-26-22-18-14-10-6-2/h10,14,16,20-23,25-28,32-36,38-41,47,51,77-79,84H,5-9,11-13,15,17-19,24,29-31,37,42-46,48-50,52-76H2,1-4H3,(H,89,90)(H,91,92)/b14-10-,20-16-,25-21-,26-22-,27-23-,32-28-,36-33-,39-38-,40-34-,41-35-,51-47-. The molecule has 0 saturated heterocycles. The van der Waals surface area contributed by atoms with Crippen LogP contribution in [0.5, 0.6) is 0 Å². The van der Waals surface area contributed by atoms with Gasteiger partial charge in [0.25, 0.3) is 0 Å². The Hall–Kier alpha value is -4.80. The summed E-state index contributed by atoms with van der Waals surface area (Å²) in [6.07, 6.45) is 82.9. The van der Waals surface area contributed by atoms with Crippen molar-refractivity contribution in [3.05, 3.63) is 134 Å². The third-order valence-corrected chi connectivity index (χ3v) is 18.0. The summed E-state index contributed by atoms with van der Waals surface area (Å²) in [5.74, 6) is -2.27. The maximum atomic E-state index is 13.1. The van der Waals surface area contributed by atoms with E-state index in [1.165, 1.54) is 38.5 Å². The smallest absolute Gasteiger partial charge is 0.462 e. The van der Waals surface area contributed by atoms with E-state index in [0.29, 0.717) is 25.7 Å². The van der Waals surface area contributed by atoms with E-state index in [-0.39, 0.29) is 25.7 Å². The number of esters is 4. The van der Waals surface area contributed by atoms with Crippen LogP contribution in [0.25, 0.3) is 0 Å². The second-order valence-electron chi connectivity index (χ2n) is 25.9.